The lowest BCUT2D eigenvalue weighted by Crippen LogP contribution is -1.90. The van der Waals surface area contributed by atoms with Gasteiger partial charge >= 0.3 is 5.97 Å². The van der Waals surface area contributed by atoms with Gasteiger partial charge in [-0.25, -0.2) is 9.18 Å². The van der Waals surface area contributed by atoms with E-state index in [4.69, 9.17) is 9.84 Å². The number of carboxylic acids is 1. The molecular weight excluding hydrogens is 327 g/mol. The minimum atomic E-state index is -1.05. The summed E-state index contributed by atoms with van der Waals surface area (Å²) in [4.78, 5) is 10.5. The van der Waals surface area contributed by atoms with Crippen LogP contribution in [-0.4, -0.2) is 11.1 Å². The lowest BCUT2D eigenvalue weighted by molar-refractivity contribution is -0.131. The van der Waals surface area contributed by atoms with Gasteiger partial charge < -0.3 is 9.84 Å². The van der Waals surface area contributed by atoms with E-state index in [1.807, 2.05) is 0 Å². The Morgan fingerprint density at radius 2 is 2.00 bits per heavy atom. The summed E-state index contributed by atoms with van der Waals surface area (Å²) in [5.74, 6) is -0.691. The van der Waals surface area contributed by atoms with Gasteiger partial charge in [-0.05, 0) is 40.2 Å². The smallest absolute Gasteiger partial charge is 0.328 e. The zero-order chi connectivity index (χ0) is 14.5. The van der Waals surface area contributed by atoms with Crippen molar-refractivity contribution in [3.05, 3.63) is 64.4 Å². The molecule has 0 saturated heterocycles. The average Bonchev–Trinajstić information content (AvgIpc) is 2.42. The number of carbonyl (C=O) groups is 1. The quantitative estimate of drug-likeness (QED) is 0.837. The van der Waals surface area contributed by atoms with Crippen LogP contribution >= 0.6 is 15.9 Å². The largest absolute Gasteiger partial charge is 0.478 e. The van der Waals surface area contributed by atoms with Crippen molar-refractivity contribution in [3.8, 4) is 11.5 Å². The second-order valence-electron chi connectivity index (χ2n) is 3.89. The van der Waals surface area contributed by atoms with Crippen LogP contribution < -0.4 is 4.74 Å². The SMILES string of the molecule is O=C(O)C=Cc1ccccc1Oc1ccc(Br)c(F)c1. The van der Waals surface area contributed by atoms with Gasteiger partial charge in [-0.15, -0.1) is 0 Å². The Labute approximate surface area is 123 Å². The molecule has 5 heteroatoms. The first-order valence-electron chi connectivity index (χ1n) is 5.69. The Morgan fingerprint density at radius 3 is 2.70 bits per heavy atom. The van der Waals surface area contributed by atoms with Gasteiger partial charge in [0.05, 0.1) is 4.47 Å². The molecule has 0 amide bonds. The summed E-state index contributed by atoms with van der Waals surface area (Å²) in [7, 11) is 0. The zero-order valence-electron chi connectivity index (χ0n) is 10.2. The van der Waals surface area contributed by atoms with E-state index < -0.39 is 11.8 Å². The first-order chi connectivity index (χ1) is 9.56. The van der Waals surface area contributed by atoms with Crippen LogP contribution in [0.25, 0.3) is 6.08 Å². The third-order valence-electron chi connectivity index (χ3n) is 2.44. The molecule has 2 aromatic rings. The maximum absolute atomic E-state index is 13.4. The first-order valence-corrected chi connectivity index (χ1v) is 6.48. The van der Waals surface area contributed by atoms with Gasteiger partial charge in [0.2, 0.25) is 0 Å². The molecule has 0 radical (unpaired) electrons. The molecule has 0 atom stereocenters. The highest BCUT2D eigenvalue weighted by molar-refractivity contribution is 9.10. The molecule has 2 rings (SSSR count). The van der Waals surface area contributed by atoms with Crippen LogP contribution in [-0.2, 0) is 4.79 Å². The molecule has 0 aliphatic heterocycles. The molecule has 0 heterocycles. The van der Waals surface area contributed by atoms with Gasteiger partial charge in [-0.2, -0.15) is 0 Å². The Bertz CT molecular complexity index is 668. The summed E-state index contributed by atoms with van der Waals surface area (Å²) in [6, 6.07) is 11.3. The molecular formula is C15H10BrFO3. The minimum Gasteiger partial charge on any atom is -0.478 e. The molecule has 0 saturated carbocycles. The van der Waals surface area contributed by atoms with Crippen molar-refractivity contribution in [1.29, 1.82) is 0 Å². The van der Waals surface area contributed by atoms with Crippen LogP contribution in [0, 0.1) is 5.82 Å². The predicted octanol–water partition coefficient (Wildman–Crippen LogP) is 4.48. The fourth-order valence-electron chi connectivity index (χ4n) is 1.54. The fraction of sp³-hybridized carbons (Fsp3) is 0. The summed E-state index contributed by atoms with van der Waals surface area (Å²) in [5.41, 5.74) is 0.596. The number of carboxylic acid groups (broad SMARTS) is 1. The van der Waals surface area contributed by atoms with Gasteiger partial charge in [0.1, 0.15) is 17.3 Å². The molecule has 102 valence electrons. The van der Waals surface area contributed by atoms with E-state index in [1.165, 1.54) is 12.1 Å². The van der Waals surface area contributed by atoms with E-state index in [1.54, 1.807) is 36.4 Å². The van der Waals surface area contributed by atoms with Gasteiger partial charge in [0.15, 0.2) is 0 Å². The van der Waals surface area contributed by atoms with Crippen LogP contribution in [0.3, 0.4) is 0 Å². The highest BCUT2D eigenvalue weighted by Crippen LogP contribution is 2.28. The van der Waals surface area contributed by atoms with Gasteiger partial charge in [-0.1, -0.05) is 18.2 Å². The van der Waals surface area contributed by atoms with Crippen LogP contribution in [0.2, 0.25) is 0 Å². The maximum Gasteiger partial charge on any atom is 0.328 e. The average molecular weight is 337 g/mol. The third kappa shape index (κ3) is 3.68. The van der Waals surface area contributed by atoms with E-state index in [0.29, 0.717) is 21.5 Å². The van der Waals surface area contributed by atoms with Crippen molar-refractivity contribution in [2.24, 2.45) is 0 Å². The number of benzene rings is 2. The molecule has 0 aromatic heterocycles. The number of hydrogen-bond acceptors (Lipinski definition) is 2. The first kappa shape index (κ1) is 14.3. The van der Waals surface area contributed by atoms with E-state index in [-0.39, 0.29) is 0 Å². The number of ether oxygens (including phenoxy) is 1. The van der Waals surface area contributed by atoms with E-state index in [9.17, 15) is 9.18 Å². The molecule has 0 unspecified atom stereocenters. The van der Waals surface area contributed by atoms with Crippen molar-refractivity contribution < 1.29 is 19.0 Å². The summed E-state index contributed by atoms with van der Waals surface area (Å²) < 4.78 is 19.3. The van der Waals surface area contributed by atoms with E-state index in [2.05, 4.69) is 15.9 Å². The highest BCUT2D eigenvalue weighted by atomic mass is 79.9. The molecule has 0 aliphatic rings. The number of para-hydroxylation sites is 1. The fourth-order valence-corrected chi connectivity index (χ4v) is 1.79. The number of halogens is 2. The monoisotopic (exact) mass is 336 g/mol. The molecule has 2 aromatic carbocycles. The topological polar surface area (TPSA) is 46.5 Å². The summed E-state index contributed by atoms with van der Waals surface area (Å²) in [6.45, 7) is 0. The molecule has 0 aliphatic carbocycles. The Balaban J connectivity index is 2.29. The lowest BCUT2D eigenvalue weighted by Gasteiger charge is -2.09. The summed E-state index contributed by atoms with van der Waals surface area (Å²) >= 11 is 3.06. The van der Waals surface area contributed by atoms with Crippen molar-refractivity contribution >= 4 is 28.0 Å². The molecule has 0 bridgehead atoms. The summed E-state index contributed by atoms with van der Waals surface area (Å²) in [5, 5.41) is 8.64. The van der Waals surface area contributed by atoms with E-state index >= 15 is 0 Å². The van der Waals surface area contributed by atoms with Crippen LogP contribution in [0.4, 0.5) is 4.39 Å². The minimum absolute atomic E-state index is 0.335. The summed E-state index contributed by atoms with van der Waals surface area (Å²) in [6.07, 6.45) is 2.44. The Hall–Kier alpha value is -2.14. The van der Waals surface area contributed by atoms with Crippen LogP contribution in [0.15, 0.2) is 53.0 Å². The Kier molecular flexibility index (Phi) is 4.53. The second-order valence-corrected chi connectivity index (χ2v) is 4.74. The molecule has 20 heavy (non-hydrogen) atoms. The highest BCUT2D eigenvalue weighted by Gasteiger charge is 2.05. The number of rotatable bonds is 4. The standard InChI is InChI=1S/C15H10BrFO3/c16-12-7-6-11(9-13(12)17)20-14-4-2-1-3-10(14)5-8-15(18)19/h1-9H,(H,18,19). The third-order valence-corrected chi connectivity index (χ3v) is 3.09. The van der Waals surface area contributed by atoms with Gasteiger partial charge in [0, 0.05) is 17.7 Å². The van der Waals surface area contributed by atoms with Crippen molar-refractivity contribution in [2.75, 3.05) is 0 Å². The van der Waals surface area contributed by atoms with Crippen molar-refractivity contribution in [3.63, 3.8) is 0 Å². The Morgan fingerprint density at radius 1 is 1.25 bits per heavy atom. The van der Waals surface area contributed by atoms with E-state index in [0.717, 1.165) is 6.08 Å². The van der Waals surface area contributed by atoms with Gasteiger partial charge in [-0.3, -0.25) is 0 Å². The molecule has 0 spiro atoms. The zero-order valence-corrected chi connectivity index (χ0v) is 11.8. The number of aliphatic carboxylic acids is 1. The molecule has 1 N–H and O–H groups in total. The molecule has 3 nitrogen and oxygen atoms in total. The maximum atomic E-state index is 13.4. The van der Waals surface area contributed by atoms with Crippen LogP contribution in [0.1, 0.15) is 5.56 Å². The van der Waals surface area contributed by atoms with Crippen molar-refractivity contribution in [2.45, 2.75) is 0 Å². The van der Waals surface area contributed by atoms with Gasteiger partial charge in [0.25, 0.3) is 0 Å². The molecule has 0 fully saturated rings. The van der Waals surface area contributed by atoms with Crippen molar-refractivity contribution in [1.82, 2.24) is 0 Å². The van der Waals surface area contributed by atoms with Crippen LogP contribution in [0.5, 0.6) is 11.5 Å². The number of hydrogen-bond donors (Lipinski definition) is 1. The normalized spacial score (nSPS) is 10.7. The predicted molar refractivity (Wildman–Crippen MR) is 77.3 cm³/mol. The lowest BCUT2D eigenvalue weighted by atomic mass is 10.2. The second kappa shape index (κ2) is 6.34.